The Morgan fingerprint density at radius 2 is 2.33 bits per heavy atom. The van der Waals surface area contributed by atoms with Gasteiger partial charge in [-0.1, -0.05) is 0 Å². The van der Waals surface area contributed by atoms with Crippen LogP contribution in [0, 0.1) is 0 Å². The number of nitrogens with zero attached hydrogens (tertiary/aromatic N) is 2. The van der Waals surface area contributed by atoms with Crippen molar-refractivity contribution in [3.63, 3.8) is 0 Å². The fourth-order valence-electron chi connectivity index (χ4n) is 1.17. The molecule has 6 nitrogen and oxygen atoms in total. The fourth-order valence-corrected chi connectivity index (χ4v) is 2.42. The van der Waals surface area contributed by atoms with Crippen LogP contribution >= 0.6 is 0 Å². The first-order chi connectivity index (χ1) is 7.11. The maximum atomic E-state index is 11.7. The van der Waals surface area contributed by atoms with E-state index in [1.807, 2.05) is 6.92 Å². The van der Waals surface area contributed by atoms with E-state index in [9.17, 15) is 8.42 Å². The second kappa shape index (κ2) is 5.24. The van der Waals surface area contributed by atoms with E-state index in [0.29, 0.717) is 26.1 Å². The molecule has 0 aromatic carbocycles. The average molecular weight is 232 g/mol. The molecule has 0 amide bonds. The van der Waals surface area contributed by atoms with Crippen molar-refractivity contribution < 1.29 is 8.42 Å². The normalized spacial score (nSPS) is 11.9. The van der Waals surface area contributed by atoms with E-state index < -0.39 is 10.0 Å². The lowest BCUT2D eigenvalue weighted by atomic mass is 10.4. The van der Waals surface area contributed by atoms with Gasteiger partial charge in [-0.05, 0) is 26.0 Å². The summed E-state index contributed by atoms with van der Waals surface area (Å²) in [7, 11) is -3.44. The molecule has 1 rings (SSSR count). The minimum Gasteiger partial charge on any atom is -0.330 e. The Morgan fingerprint density at radius 3 is 2.93 bits per heavy atom. The molecule has 0 aliphatic carbocycles. The monoisotopic (exact) mass is 232 g/mol. The molecule has 0 aliphatic rings. The van der Waals surface area contributed by atoms with Crippen LogP contribution in [0.3, 0.4) is 0 Å². The molecular formula is C8H16N4O2S. The molecule has 1 aromatic rings. The van der Waals surface area contributed by atoms with E-state index in [2.05, 4.69) is 9.82 Å². The molecule has 0 spiro atoms. The zero-order valence-corrected chi connectivity index (χ0v) is 9.50. The van der Waals surface area contributed by atoms with E-state index in [-0.39, 0.29) is 5.03 Å². The van der Waals surface area contributed by atoms with E-state index in [0.717, 1.165) is 0 Å². The van der Waals surface area contributed by atoms with Crippen LogP contribution in [0.5, 0.6) is 0 Å². The van der Waals surface area contributed by atoms with Gasteiger partial charge >= 0.3 is 0 Å². The molecule has 86 valence electrons. The number of rotatable bonds is 6. The lowest BCUT2D eigenvalue weighted by Gasteiger charge is -2.07. The summed E-state index contributed by atoms with van der Waals surface area (Å²) in [6.07, 6.45) is 2.10. The first-order valence-electron chi connectivity index (χ1n) is 4.83. The summed E-state index contributed by atoms with van der Waals surface area (Å²) in [5, 5.41) is 4.10. The summed E-state index contributed by atoms with van der Waals surface area (Å²) in [4.78, 5) is 0. The maximum absolute atomic E-state index is 11.7. The molecular weight excluding hydrogens is 216 g/mol. The molecule has 1 heterocycles. The highest BCUT2D eigenvalue weighted by atomic mass is 32.2. The van der Waals surface area contributed by atoms with Crippen LogP contribution in [0.25, 0.3) is 0 Å². The van der Waals surface area contributed by atoms with Gasteiger partial charge in [-0.15, -0.1) is 0 Å². The van der Waals surface area contributed by atoms with Crippen LogP contribution in [-0.2, 0) is 16.6 Å². The van der Waals surface area contributed by atoms with Gasteiger partial charge in [0.05, 0.1) is 6.20 Å². The predicted molar refractivity (Wildman–Crippen MR) is 56.8 cm³/mol. The Labute approximate surface area is 89.5 Å². The van der Waals surface area contributed by atoms with Gasteiger partial charge < -0.3 is 5.73 Å². The lowest BCUT2D eigenvalue weighted by molar-refractivity contribution is 0.543. The largest absolute Gasteiger partial charge is 0.330 e. The molecule has 7 heteroatoms. The van der Waals surface area contributed by atoms with Gasteiger partial charge in [0.25, 0.3) is 10.0 Å². The minimum atomic E-state index is -3.44. The summed E-state index contributed by atoms with van der Waals surface area (Å²) >= 11 is 0. The molecule has 0 fully saturated rings. The predicted octanol–water partition coefficient (Wildman–Crippen LogP) is -0.470. The van der Waals surface area contributed by atoms with Gasteiger partial charge in [0.2, 0.25) is 0 Å². The van der Waals surface area contributed by atoms with Crippen LogP contribution in [-0.4, -0.2) is 31.3 Å². The highest BCUT2D eigenvalue weighted by Gasteiger charge is 2.17. The Balaban J connectivity index is 2.77. The lowest BCUT2D eigenvalue weighted by Crippen LogP contribution is -2.28. The van der Waals surface area contributed by atoms with E-state index in [4.69, 9.17) is 5.73 Å². The van der Waals surface area contributed by atoms with E-state index in [1.165, 1.54) is 16.9 Å². The molecule has 0 atom stereocenters. The SMILES string of the molecule is CCn1nccc1S(=O)(=O)NCCCN. The fraction of sp³-hybridized carbons (Fsp3) is 0.625. The van der Waals surface area contributed by atoms with Crippen molar-refractivity contribution in [3.8, 4) is 0 Å². The van der Waals surface area contributed by atoms with Crippen molar-refractivity contribution in [1.82, 2.24) is 14.5 Å². The van der Waals surface area contributed by atoms with Crippen molar-refractivity contribution in [1.29, 1.82) is 0 Å². The zero-order valence-electron chi connectivity index (χ0n) is 8.68. The number of nitrogens with one attached hydrogen (secondary N) is 1. The van der Waals surface area contributed by atoms with Crippen molar-refractivity contribution in [2.24, 2.45) is 5.73 Å². The summed E-state index contributed by atoms with van der Waals surface area (Å²) in [6.45, 7) is 3.19. The third-order valence-corrected chi connectivity index (χ3v) is 3.41. The van der Waals surface area contributed by atoms with Crippen molar-refractivity contribution >= 4 is 10.0 Å². The number of hydrogen-bond donors (Lipinski definition) is 2. The number of sulfonamides is 1. The van der Waals surface area contributed by atoms with Crippen molar-refractivity contribution in [2.45, 2.75) is 24.9 Å². The smallest absolute Gasteiger partial charge is 0.257 e. The van der Waals surface area contributed by atoms with Crippen LogP contribution < -0.4 is 10.5 Å². The third-order valence-electron chi connectivity index (χ3n) is 1.93. The van der Waals surface area contributed by atoms with Crippen LogP contribution in [0.4, 0.5) is 0 Å². The number of aromatic nitrogens is 2. The second-order valence-corrected chi connectivity index (χ2v) is 4.74. The van der Waals surface area contributed by atoms with Gasteiger partial charge in [0, 0.05) is 13.1 Å². The minimum absolute atomic E-state index is 0.196. The Hall–Kier alpha value is -0.920. The quantitative estimate of drug-likeness (QED) is 0.649. The van der Waals surface area contributed by atoms with Crippen LogP contribution in [0.1, 0.15) is 13.3 Å². The van der Waals surface area contributed by atoms with E-state index >= 15 is 0 Å². The Kier molecular flexibility index (Phi) is 4.25. The van der Waals surface area contributed by atoms with E-state index in [1.54, 1.807) is 0 Å². The first-order valence-corrected chi connectivity index (χ1v) is 6.31. The summed E-state index contributed by atoms with van der Waals surface area (Å²) < 4.78 is 27.4. The molecule has 3 N–H and O–H groups in total. The topological polar surface area (TPSA) is 90.0 Å². The molecule has 0 bridgehead atoms. The molecule has 0 radical (unpaired) electrons. The van der Waals surface area contributed by atoms with Crippen molar-refractivity contribution in [2.75, 3.05) is 13.1 Å². The molecule has 0 aliphatic heterocycles. The first kappa shape index (κ1) is 12.2. The zero-order chi connectivity index (χ0) is 11.3. The summed E-state index contributed by atoms with van der Waals surface area (Å²) in [6, 6.07) is 1.48. The maximum Gasteiger partial charge on any atom is 0.257 e. The summed E-state index contributed by atoms with van der Waals surface area (Å²) in [5.74, 6) is 0. The average Bonchev–Trinajstić information content (AvgIpc) is 2.66. The summed E-state index contributed by atoms with van der Waals surface area (Å²) in [5.41, 5.74) is 5.28. The van der Waals surface area contributed by atoms with Gasteiger partial charge in [-0.2, -0.15) is 5.10 Å². The van der Waals surface area contributed by atoms with Crippen LogP contribution in [0.2, 0.25) is 0 Å². The highest BCUT2D eigenvalue weighted by Crippen LogP contribution is 2.07. The molecule has 15 heavy (non-hydrogen) atoms. The Morgan fingerprint density at radius 1 is 1.60 bits per heavy atom. The van der Waals surface area contributed by atoms with Gasteiger partial charge in [0.1, 0.15) is 0 Å². The Bertz CT molecular complexity index is 399. The second-order valence-electron chi connectivity index (χ2n) is 3.03. The van der Waals surface area contributed by atoms with Gasteiger partial charge in [-0.25, -0.2) is 13.1 Å². The van der Waals surface area contributed by atoms with Gasteiger partial charge in [-0.3, -0.25) is 4.68 Å². The number of hydrogen-bond acceptors (Lipinski definition) is 4. The number of nitrogens with two attached hydrogens (primary N) is 1. The van der Waals surface area contributed by atoms with Crippen molar-refractivity contribution in [3.05, 3.63) is 12.3 Å². The molecule has 0 saturated heterocycles. The molecule has 0 unspecified atom stereocenters. The molecule has 1 aromatic heterocycles. The standard InChI is InChI=1S/C8H16N4O2S/c1-2-12-8(4-7-10-12)15(13,14)11-6-3-5-9/h4,7,11H,2-3,5-6,9H2,1H3. The number of aryl methyl sites for hydroxylation is 1. The van der Waals surface area contributed by atoms with Gasteiger partial charge in [0.15, 0.2) is 5.03 Å². The highest BCUT2D eigenvalue weighted by molar-refractivity contribution is 7.89. The van der Waals surface area contributed by atoms with Crippen LogP contribution in [0.15, 0.2) is 17.3 Å². The molecule has 0 saturated carbocycles. The third kappa shape index (κ3) is 3.01.